The van der Waals surface area contributed by atoms with E-state index in [2.05, 4.69) is 16.8 Å². The molecule has 1 aromatic heterocycles. The zero-order valence-corrected chi connectivity index (χ0v) is 15.8. The predicted molar refractivity (Wildman–Crippen MR) is 99.7 cm³/mol. The number of pyridine rings is 1. The lowest BCUT2D eigenvalue weighted by Crippen LogP contribution is -2.44. The molecule has 1 atom stereocenters. The average molecular weight is 361 g/mol. The molecule has 0 radical (unpaired) electrons. The van der Waals surface area contributed by atoms with Crippen LogP contribution in [-0.2, 0) is 20.9 Å². The first-order valence-electron chi connectivity index (χ1n) is 9.83. The third kappa shape index (κ3) is 5.76. The maximum atomic E-state index is 12.5. The van der Waals surface area contributed by atoms with Crippen molar-refractivity contribution in [2.45, 2.75) is 51.4 Å². The molecule has 0 bridgehead atoms. The summed E-state index contributed by atoms with van der Waals surface area (Å²) in [5.74, 6) is 0.285. The molecule has 3 rings (SSSR count). The van der Waals surface area contributed by atoms with E-state index >= 15 is 0 Å². The van der Waals surface area contributed by atoms with E-state index < -0.39 is 0 Å². The van der Waals surface area contributed by atoms with Gasteiger partial charge >= 0.3 is 0 Å². The van der Waals surface area contributed by atoms with Gasteiger partial charge in [0.15, 0.2) is 0 Å². The number of carbonyl (C=O) groups is 1. The van der Waals surface area contributed by atoms with Gasteiger partial charge in [-0.25, -0.2) is 0 Å². The minimum atomic E-state index is 0.230. The van der Waals surface area contributed by atoms with Gasteiger partial charge in [0, 0.05) is 44.8 Å². The number of carbonyl (C=O) groups excluding carboxylic acids is 1. The molecule has 26 heavy (non-hydrogen) atoms. The Morgan fingerprint density at radius 2 is 2.04 bits per heavy atom. The van der Waals surface area contributed by atoms with Crippen molar-refractivity contribution in [3.63, 3.8) is 0 Å². The maximum absolute atomic E-state index is 12.5. The van der Waals surface area contributed by atoms with E-state index in [0.29, 0.717) is 19.1 Å². The summed E-state index contributed by atoms with van der Waals surface area (Å²) in [4.78, 5) is 21.2. The van der Waals surface area contributed by atoms with Crippen molar-refractivity contribution in [3.8, 4) is 0 Å². The van der Waals surface area contributed by atoms with Crippen molar-refractivity contribution in [2.75, 3.05) is 39.4 Å². The van der Waals surface area contributed by atoms with Gasteiger partial charge in [0.05, 0.1) is 31.6 Å². The number of rotatable bonds is 7. The molecule has 2 aliphatic heterocycles. The zero-order chi connectivity index (χ0) is 18.2. The highest BCUT2D eigenvalue weighted by atomic mass is 16.5. The van der Waals surface area contributed by atoms with Crippen LogP contribution in [0.4, 0.5) is 0 Å². The van der Waals surface area contributed by atoms with Crippen LogP contribution in [0.1, 0.15) is 38.3 Å². The number of piperidine rings is 1. The fourth-order valence-corrected chi connectivity index (χ4v) is 3.65. The van der Waals surface area contributed by atoms with Crippen molar-refractivity contribution in [3.05, 3.63) is 30.1 Å². The SMILES string of the molecule is C[C@@H](CCC(=O)N1CCC(OCc2ccccn2)CC1)N1CCOCC1. The van der Waals surface area contributed by atoms with E-state index in [9.17, 15) is 4.79 Å². The van der Waals surface area contributed by atoms with Crippen molar-refractivity contribution in [1.29, 1.82) is 0 Å². The molecule has 3 heterocycles. The van der Waals surface area contributed by atoms with Gasteiger partial charge in [-0.15, -0.1) is 0 Å². The van der Waals surface area contributed by atoms with E-state index in [1.165, 1.54) is 0 Å². The van der Waals surface area contributed by atoms with Gasteiger partial charge in [-0.05, 0) is 38.3 Å². The number of hydrogen-bond donors (Lipinski definition) is 0. The summed E-state index contributed by atoms with van der Waals surface area (Å²) in [6, 6.07) is 6.31. The molecule has 6 nitrogen and oxygen atoms in total. The van der Waals surface area contributed by atoms with E-state index in [-0.39, 0.29) is 12.0 Å². The second-order valence-electron chi connectivity index (χ2n) is 7.25. The summed E-state index contributed by atoms with van der Waals surface area (Å²) in [5, 5.41) is 0. The highest BCUT2D eigenvalue weighted by Gasteiger charge is 2.24. The molecule has 2 aliphatic rings. The van der Waals surface area contributed by atoms with Crippen LogP contribution < -0.4 is 0 Å². The summed E-state index contributed by atoms with van der Waals surface area (Å²) >= 11 is 0. The van der Waals surface area contributed by atoms with Crippen LogP contribution in [0.2, 0.25) is 0 Å². The number of nitrogens with zero attached hydrogens (tertiary/aromatic N) is 3. The lowest BCUT2D eigenvalue weighted by Gasteiger charge is -2.34. The molecule has 144 valence electrons. The lowest BCUT2D eigenvalue weighted by atomic mass is 10.1. The zero-order valence-electron chi connectivity index (χ0n) is 15.8. The van der Waals surface area contributed by atoms with Crippen LogP contribution >= 0.6 is 0 Å². The highest BCUT2D eigenvalue weighted by Crippen LogP contribution is 2.17. The Balaban J connectivity index is 1.32. The molecule has 0 aliphatic carbocycles. The average Bonchev–Trinajstić information content (AvgIpc) is 2.72. The first kappa shape index (κ1) is 19.3. The van der Waals surface area contributed by atoms with Crippen LogP contribution in [0.5, 0.6) is 0 Å². The molecule has 2 saturated heterocycles. The Bertz CT molecular complexity index is 540. The maximum Gasteiger partial charge on any atom is 0.222 e. The highest BCUT2D eigenvalue weighted by molar-refractivity contribution is 5.76. The fourth-order valence-electron chi connectivity index (χ4n) is 3.65. The van der Waals surface area contributed by atoms with Crippen LogP contribution in [0.25, 0.3) is 0 Å². The fraction of sp³-hybridized carbons (Fsp3) is 0.700. The Kier molecular flexibility index (Phi) is 7.41. The standard InChI is InChI=1S/C20H31N3O3/c1-17(22-12-14-25-15-13-22)5-6-20(24)23-10-7-19(8-11-23)26-16-18-4-2-3-9-21-18/h2-4,9,17,19H,5-8,10-16H2,1H3/t17-/m0/s1. The number of amides is 1. The first-order valence-corrected chi connectivity index (χ1v) is 9.83. The number of hydrogen-bond acceptors (Lipinski definition) is 5. The van der Waals surface area contributed by atoms with E-state index in [0.717, 1.165) is 64.3 Å². The van der Waals surface area contributed by atoms with Gasteiger partial charge in [-0.3, -0.25) is 14.7 Å². The summed E-state index contributed by atoms with van der Waals surface area (Å²) in [6.07, 6.45) is 5.41. The Morgan fingerprint density at radius 1 is 1.27 bits per heavy atom. The van der Waals surface area contributed by atoms with Crippen molar-refractivity contribution >= 4 is 5.91 Å². The molecule has 1 aromatic rings. The van der Waals surface area contributed by atoms with E-state index in [4.69, 9.17) is 9.47 Å². The van der Waals surface area contributed by atoms with Gasteiger partial charge in [0.25, 0.3) is 0 Å². The third-order valence-electron chi connectivity index (χ3n) is 5.43. The monoisotopic (exact) mass is 361 g/mol. The minimum absolute atomic E-state index is 0.230. The summed E-state index contributed by atoms with van der Waals surface area (Å²) in [7, 11) is 0. The summed E-state index contributed by atoms with van der Waals surface area (Å²) < 4.78 is 11.4. The largest absolute Gasteiger partial charge is 0.379 e. The van der Waals surface area contributed by atoms with Crippen LogP contribution in [0.3, 0.4) is 0 Å². The number of likely N-dealkylation sites (tertiary alicyclic amines) is 1. The van der Waals surface area contributed by atoms with Crippen molar-refractivity contribution < 1.29 is 14.3 Å². The molecule has 0 spiro atoms. The van der Waals surface area contributed by atoms with Gasteiger partial charge < -0.3 is 14.4 Å². The predicted octanol–water partition coefficient (Wildman–Crippen LogP) is 2.09. The number of morpholine rings is 1. The Hall–Kier alpha value is -1.50. The van der Waals surface area contributed by atoms with Gasteiger partial charge in [0.2, 0.25) is 5.91 Å². The molecule has 0 N–H and O–H groups in total. The summed E-state index contributed by atoms with van der Waals surface area (Å²) in [5.41, 5.74) is 0.961. The van der Waals surface area contributed by atoms with Crippen molar-refractivity contribution in [2.24, 2.45) is 0 Å². The van der Waals surface area contributed by atoms with E-state index in [1.54, 1.807) is 6.20 Å². The van der Waals surface area contributed by atoms with Gasteiger partial charge in [0.1, 0.15) is 0 Å². The second-order valence-corrected chi connectivity index (χ2v) is 7.25. The first-order chi connectivity index (χ1) is 12.7. The Labute approximate surface area is 156 Å². The smallest absolute Gasteiger partial charge is 0.222 e. The quantitative estimate of drug-likeness (QED) is 0.744. The normalized spacial score (nSPS) is 20.9. The van der Waals surface area contributed by atoms with Gasteiger partial charge in [-0.2, -0.15) is 0 Å². The van der Waals surface area contributed by atoms with Gasteiger partial charge in [-0.1, -0.05) is 6.07 Å². The molecule has 2 fully saturated rings. The number of ether oxygens (including phenoxy) is 2. The minimum Gasteiger partial charge on any atom is -0.379 e. The second kappa shape index (κ2) is 10.00. The van der Waals surface area contributed by atoms with Crippen molar-refractivity contribution in [1.82, 2.24) is 14.8 Å². The molecule has 1 amide bonds. The molecule has 0 aromatic carbocycles. The topological polar surface area (TPSA) is 54.9 Å². The van der Waals surface area contributed by atoms with Crippen LogP contribution in [0, 0.1) is 0 Å². The Morgan fingerprint density at radius 3 is 2.73 bits per heavy atom. The molecular formula is C20H31N3O3. The third-order valence-corrected chi connectivity index (χ3v) is 5.43. The molecule has 0 saturated carbocycles. The molecule has 0 unspecified atom stereocenters. The summed E-state index contributed by atoms with van der Waals surface area (Å²) in [6.45, 7) is 7.96. The van der Waals surface area contributed by atoms with Crippen LogP contribution in [-0.4, -0.2) is 72.2 Å². The van der Waals surface area contributed by atoms with Crippen LogP contribution in [0.15, 0.2) is 24.4 Å². The molecular weight excluding hydrogens is 330 g/mol. The van der Waals surface area contributed by atoms with E-state index in [1.807, 2.05) is 23.1 Å². The number of aromatic nitrogens is 1. The lowest BCUT2D eigenvalue weighted by molar-refractivity contribution is -0.134. The molecule has 6 heteroatoms.